The van der Waals surface area contributed by atoms with E-state index >= 15 is 0 Å². The van der Waals surface area contributed by atoms with Crippen LogP contribution in [0.2, 0.25) is 0 Å². The summed E-state index contributed by atoms with van der Waals surface area (Å²) >= 11 is 0. The molecule has 0 aromatic heterocycles. The summed E-state index contributed by atoms with van der Waals surface area (Å²) in [4.78, 5) is 11.7. The number of alkyl halides is 3. The van der Waals surface area contributed by atoms with Crippen molar-refractivity contribution in [3.05, 3.63) is 29.8 Å². The van der Waals surface area contributed by atoms with Crippen LogP contribution in [0.1, 0.15) is 83.7 Å². The normalized spacial score (nSPS) is 17.9. The van der Waals surface area contributed by atoms with Crippen LogP contribution >= 0.6 is 0 Å². The highest BCUT2D eigenvalue weighted by molar-refractivity contribution is 5.79. The molecule has 164 valence electrons. The maximum absolute atomic E-state index is 13.8. The number of hydrogen-bond donors (Lipinski definition) is 1. The van der Waals surface area contributed by atoms with Crippen molar-refractivity contribution >= 4 is 5.91 Å². The van der Waals surface area contributed by atoms with Gasteiger partial charge in [0, 0.05) is 12.0 Å². The molecule has 0 saturated carbocycles. The molecule has 0 spiro atoms. The molecule has 1 aromatic carbocycles. The molecular weight excluding hydrogens is 381 g/mol. The first-order valence-corrected chi connectivity index (χ1v) is 10.5. The van der Waals surface area contributed by atoms with Crippen LogP contribution in [0.4, 0.5) is 13.2 Å². The lowest BCUT2D eigenvalue weighted by atomic mass is 9.97. The van der Waals surface area contributed by atoms with Crippen LogP contribution in [0.5, 0.6) is 5.75 Å². The molecule has 1 aliphatic heterocycles. The highest BCUT2D eigenvalue weighted by Gasteiger charge is 2.52. The van der Waals surface area contributed by atoms with Crippen molar-refractivity contribution in [1.29, 1.82) is 0 Å². The Morgan fingerprint density at radius 1 is 1.07 bits per heavy atom. The van der Waals surface area contributed by atoms with Crippen LogP contribution in [0.3, 0.4) is 0 Å². The minimum atomic E-state index is -4.52. The summed E-state index contributed by atoms with van der Waals surface area (Å²) in [5, 5.41) is 1.02. The van der Waals surface area contributed by atoms with Gasteiger partial charge in [-0.25, -0.2) is 0 Å². The van der Waals surface area contributed by atoms with Crippen LogP contribution in [-0.2, 0) is 4.79 Å². The van der Waals surface area contributed by atoms with Crippen molar-refractivity contribution in [2.75, 3.05) is 6.61 Å². The van der Waals surface area contributed by atoms with Gasteiger partial charge in [0.15, 0.2) is 6.04 Å². The molecule has 4 nitrogen and oxygen atoms in total. The zero-order valence-corrected chi connectivity index (χ0v) is 17.6. The van der Waals surface area contributed by atoms with Crippen molar-refractivity contribution in [2.24, 2.45) is 0 Å². The topological polar surface area (TPSA) is 41.6 Å². The second-order valence-corrected chi connectivity index (χ2v) is 8.38. The Bertz CT molecular complexity index is 644. The standard InChI is InChI=1S/C22H33F3N2O2/c1-4-5-6-7-8-9-10-15-29-18-13-11-17(12-14-18)20(22(23,24)25)27-21(2,3)16-19(28)26-27/h11-14,20H,4-10,15-16H2,1-3H3,(H,26,28). The maximum atomic E-state index is 13.8. The van der Waals surface area contributed by atoms with E-state index < -0.39 is 23.7 Å². The van der Waals surface area contributed by atoms with Crippen LogP contribution in [0, 0.1) is 0 Å². The zero-order chi connectivity index (χ0) is 21.5. The fourth-order valence-corrected chi connectivity index (χ4v) is 3.70. The number of carbonyl (C=O) groups is 1. The first-order chi connectivity index (χ1) is 13.6. The molecule has 0 bridgehead atoms. The van der Waals surface area contributed by atoms with Gasteiger partial charge in [-0.05, 0) is 38.0 Å². The average molecular weight is 415 g/mol. The Morgan fingerprint density at radius 3 is 2.17 bits per heavy atom. The third-order valence-corrected chi connectivity index (χ3v) is 5.27. The van der Waals surface area contributed by atoms with Crippen molar-refractivity contribution in [1.82, 2.24) is 10.4 Å². The molecule has 1 N–H and O–H groups in total. The lowest BCUT2D eigenvalue weighted by Gasteiger charge is -2.37. The van der Waals surface area contributed by atoms with E-state index in [9.17, 15) is 18.0 Å². The predicted octanol–water partition coefficient (Wildman–Crippen LogP) is 5.93. The Morgan fingerprint density at radius 2 is 1.66 bits per heavy atom. The quantitative estimate of drug-likeness (QED) is 0.456. The summed E-state index contributed by atoms with van der Waals surface area (Å²) in [6.45, 7) is 6.01. The maximum Gasteiger partial charge on any atom is 0.409 e. The summed E-state index contributed by atoms with van der Waals surface area (Å²) in [5.41, 5.74) is 1.53. The number of hydrazine groups is 1. The van der Waals surface area contributed by atoms with Gasteiger partial charge < -0.3 is 4.74 Å². The fraction of sp³-hybridized carbons (Fsp3) is 0.682. The highest BCUT2D eigenvalue weighted by atomic mass is 19.4. The van der Waals surface area contributed by atoms with Crippen LogP contribution in [0.15, 0.2) is 24.3 Å². The molecule has 29 heavy (non-hydrogen) atoms. The molecule has 1 fully saturated rings. The predicted molar refractivity (Wildman–Crippen MR) is 107 cm³/mol. The van der Waals surface area contributed by atoms with Gasteiger partial charge in [0.05, 0.1) is 6.61 Å². The van der Waals surface area contributed by atoms with E-state index in [1.807, 2.05) is 0 Å². The van der Waals surface area contributed by atoms with Crippen molar-refractivity contribution < 1.29 is 22.7 Å². The van der Waals surface area contributed by atoms with Gasteiger partial charge in [0.2, 0.25) is 5.91 Å². The van der Waals surface area contributed by atoms with Gasteiger partial charge in [-0.3, -0.25) is 10.2 Å². The second kappa shape index (κ2) is 10.3. The smallest absolute Gasteiger partial charge is 0.409 e. The molecule has 0 aliphatic carbocycles. The lowest BCUT2D eigenvalue weighted by Crippen LogP contribution is -2.51. The van der Waals surface area contributed by atoms with Crippen LogP contribution in [0.25, 0.3) is 0 Å². The number of amides is 1. The molecule has 2 rings (SSSR count). The van der Waals surface area contributed by atoms with E-state index in [0.717, 1.165) is 17.9 Å². The van der Waals surface area contributed by atoms with Gasteiger partial charge >= 0.3 is 6.18 Å². The van der Waals surface area contributed by atoms with Crippen molar-refractivity contribution in [3.63, 3.8) is 0 Å². The van der Waals surface area contributed by atoms with Crippen LogP contribution in [-0.4, -0.2) is 29.2 Å². The molecule has 1 aliphatic rings. The number of nitrogens with one attached hydrogen (secondary N) is 1. The average Bonchev–Trinajstić information content (AvgIpc) is 2.89. The molecule has 7 heteroatoms. The highest BCUT2D eigenvalue weighted by Crippen LogP contribution is 2.42. The van der Waals surface area contributed by atoms with E-state index in [0.29, 0.717) is 12.4 Å². The molecular formula is C22H33F3N2O2. The summed E-state index contributed by atoms with van der Waals surface area (Å²) in [6.07, 6.45) is 3.75. The van der Waals surface area contributed by atoms with Gasteiger partial charge in [0.1, 0.15) is 5.75 Å². The number of benzene rings is 1. The molecule has 1 unspecified atom stereocenters. The molecule has 1 saturated heterocycles. The monoisotopic (exact) mass is 414 g/mol. The number of halogens is 3. The number of hydrogen-bond acceptors (Lipinski definition) is 3. The summed E-state index contributed by atoms with van der Waals surface area (Å²) in [6, 6.07) is 4.10. The number of carbonyl (C=O) groups excluding carboxylic acids is 1. The third kappa shape index (κ3) is 6.91. The lowest BCUT2D eigenvalue weighted by molar-refractivity contribution is -0.203. The minimum absolute atomic E-state index is 0.0270. The Labute approximate surface area is 171 Å². The van der Waals surface area contributed by atoms with Gasteiger partial charge in [-0.2, -0.15) is 18.2 Å². The minimum Gasteiger partial charge on any atom is -0.494 e. The Kier molecular flexibility index (Phi) is 8.37. The Hall–Kier alpha value is -1.76. The Balaban J connectivity index is 1.92. The first-order valence-electron chi connectivity index (χ1n) is 10.5. The number of nitrogens with zero attached hydrogens (tertiary/aromatic N) is 1. The van der Waals surface area contributed by atoms with Crippen LogP contribution < -0.4 is 10.2 Å². The molecule has 1 amide bonds. The van der Waals surface area contributed by atoms with Crippen molar-refractivity contribution in [2.45, 2.75) is 89.9 Å². The second-order valence-electron chi connectivity index (χ2n) is 8.38. The SMILES string of the molecule is CCCCCCCCCOc1ccc(C(N2NC(=O)CC2(C)C)C(F)(F)F)cc1. The zero-order valence-electron chi connectivity index (χ0n) is 17.6. The third-order valence-electron chi connectivity index (χ3n) is 5.27. The van der Waals surface area contributed by atoms with E-state index in [2.05, 4.69) is 12.3 Å². The molecule has 1 atom stereocenters. The van der Waals surface area contributed by atoms with Gasteiger partial charge in [-0.1, -0.05) is 57.6 Å². The summed E-state index contributed by atoms with van der Waals surface area (Å²) < 4.78 is 47.1. The van der Waals surface area contributed by atoms with E-state index in [4.69, 9.17) is 4.74 Å². The largest absolute Gasteiger partial charge is 0.494 e. The van der Waals surface area contributed by atoms with E-state index in [1.54, 1.807) is 26.0 Å². The van der Waals surface area contributed by atoms with E-state index in [-0.39, 0.29) is 12.0 Å². The van der Waals surface area contributed by atoms with Gasteiger partial charge in [0.25, 0.3) is 0 Å². The first kappa shape index (κ1) is 23.5. The fourth-order valence-electron chi connectivity index (χ4n) is 3.70. The number of ether oxygens (including phenoxy) is 1. The van der Waals surface area contributed by atoms with Gasteiger partial charge in [-0.15, -0.1) is 0 Å². The summed E-state index contributed by atoms with van der Waals surface area (Å²) in [5.74, 6) is 0.157. The molecule has 1 aromatic rings. The van der Waals surface area contributed by atoms with Crippen molar-refractivity contribution in [3.8, 4) is 5.75 Å². The number of rotatable bonds is 11. The molecule has 0 radical (unpaired) electrons. The summed E-state index contributed by atoms with van der Waals surface area (Å²) in [7, 11) is 0. The molecule has 1 heterocycles. The number of unbranched alkanes of at least 4 members (excludes halogenated alkanes) is 6. The van der Waals surface area contributed by atoms with E-state index in [1.165, 1.54) is 44.2 Å².